The Morgan fingerprint density at radius 3 is 2.65 bits per heavy atom. The lowest BCUT2D eigenvalue weighted by Crippen LogP contribution is -2.25. The van der Waals surface area contributed by atoms with Crippen LogP contribution in [0.2, 0.25) is 0 Å². The van der Waals surface area contributed by atoms with Crippen LogP contribution in [-0.4, -0.2) is 5.91 Å². The molecule has 5 nitrogen and oxygen atoms in total. The van der Waals surface area contributed by atoms with Gasteiger partial charge in [-0.25, -0.2) is 0 Å². The summed E-state index contributed by atoms with van der Waals surface area (Å²) in [5, 5.41) is 16.3. The summed E-state index contributed by atoms with van der Waals surface area (Å²) in [5.41, 5.74) is 4.24. The SMILES string of the molecule is Cc1ccc(NC(SCc2cccc(Br)c2)=C(C#N)C(=O)NCc2ccco2)cc1C. The Morgan fingerprint density at radius 2 is 1.97 bits per heavy atom. The monoisotopic (exact) mass is 495 g/mol. The Kier molecular flexibility index (Phi) is 7.99. The largest absolute Gasteiger partial charge is 0.467 e. The van der Waals surface area contributed by atoms with Crippen molar-refractivity contribution in [2.75, 3.05) is 5.32 Å². The fourth-order valence-corrected chi connectivity index (χ4v) is 4.19. The molecule has 0 saturated heterocycles. The summed E-state index contributed by atoms with van der Waals surface area (Å²) in [4.78, 5) is 12.8. The first kappa shape index (κ1) is 22.7. The summed E-state index contributed by atoms with van der Waals surface area (Å²) in [6.45, 7) is 4.28. The molecule has 2 N–H and O–H groups in total. The van der Waals surface area contributed by atoms with E-state index in [9.17, 15) is 10.1 Å². The molecule has 7 heteroatoms. The number of thioether (sulfide) groups is 1. The molecule has 3 rings (SSSR count). The molecule has 0 atom stereocenters. The molecule has 0 radical (unpaired) electrons. The number of carbonyl (C=O) groups is 1. The third-order valence-corrected chi connectivity index (χ3v) is 6.17. The highest BCUT2D eigenvalue weighted by Gasteiger charge is 2.17. The van der Waals surface area contributed by atoms with Gasteiger partial charge in [0, 0.05) is 15.9 Å². The topological polar surface area (TPSA) is 78.1 Å². The minimum Gasteiger partial charge on any atom is -0.467 e. The molecule has 0 spiro atoms. The molecule has 158 valence electrons. The van der Waals surface area contributed by atoms with Crippen molar-refractivity contribution in [3.8, 4) is 6.07 Å². The van der Waals surface area contributed by atoms with Crippen molar-refractivity contribution in [2.45, 2.75) is 26.1 Å². The van der Waals surface area contributed by atoms with E-state index in [-0.39, 0.29) is 12.1 Å². The number of anilines is 1. The molecular weight excluding hydrogens is 474 g/mol. The molecule has 0 bridgehead atoms. The number of hydrogen-bond donors (Lipinski definition) is 2. The summed E-state index contributed by atoms with van der Waals surface area (Å²) in [6, 6.07) is 19.5. The second-order valence-corrected chi connectivity index (χ2v) is 8.82. The molecule has 3 aromatic rings. The van der Waals surface area contributed by atoms with Gasteiger partial charge in [-0.2, -0.15) is 5.26 Å². The van der Waals surface area contributed by atoms with Gasteiger partial charge in [0.2, 0.25) is 0 Å². The number of carbonyl (C=O) groups excluding carboxylic acids is 1. The normalized spacial score (nSPS) is 11.4. The van der Waals surface area contributed by atoms with Crippen LogP contribution in [0, 0.1) is 25.2 Å². The van der Waals surface area contributed by atoms with Gasteiger partial charge in [0.05, 0.1) is 17.8 Å². The van der Waals surface area contributed by atoms with Gasteiger partial charge in [-0.3, -0.25) is 4.79 Å². The summed E-state index contributed by atoms with van der Waals surface area (Å²) >= 11 is 4.89. The van der Waals surface area contributed by atoms with E-state index >= 15 is 0 Å². The molecule has 0 saturated carbocycles. The van der Waals surface area contributed by atoms with Gasteiger partial charge in [0.1, 0.15) is 17.4 Å². The van der Waals surface area contributed by atoms with Gasteiger partial charge in [-0.05, 0) is 66.9 Å². The van der Waals surface area contributed by atoms with E-state index in [1.165, 1.54) is 17.3 Å². The van der Waals surface area contributed by atoms with E-state index in [0.29, 0.717) is 16.5 Å². The number of nitrogens with one attached hydrogen (secondary N) is 2. The van der Waals surface area contributed by atoms with Gasteiger partial charge >= 0.3 is 0 Å². The standard InChI is InChI=1S/C24H22BrN3O2S/c1-16-8-9-20(11-17(16)2)28-24(31-15-18-5-3-6-19(25)12-18)22(13-26)23(29)27-14-21-7-4-10-30-21/h3-12,28H,14-15H2,1-2H3,(H,27,29). The lowest BCUT2D eigenvalue weighted by molar-refractivity contribution is -0.117. The van der Waals surface area contributed by atoms with Crippen molar-refractivity contribution in [1.82, 2.24) is 5.32 Å². The number of hydrogen-bond acceptors (Lipinski definition) is 5. The van der Waals surface area contributed by atoms with E-state index in [2.05, 4.69) is 32.6 Å². The van der Waals surface area contributed by atoms with Crippen LogP contribution in [0.5, 0.6) is 0 Å². The summed E-state index contributed by atoms with van der Waals surface area (Å²) in [6.07, 6.45) is 1.54. The maximum Gasteiger partial charge on any atom is 0.265 e. The third-order valence-electron chi connectivity index (χ3n) is 4.61. The van der Waals surface area contributed by atoms with E-state index in [4.69, 9.17) is 4.42 Å². The van der Waals surface area contributed by atoms with Gasteiger partial charge < -0.3 is 15.1 Å². The van der Waals surface area contributed by atoms with Crippen LogP contribution >= 0.6 is 27.7 Å². The van der Waals surface area contributed by atoms with Crippen LogP contribution < -0.4 is 10.6 Å². The van der Waals surface area contributed by atoms with Gasteiger partial charge in [-0.1, -0.05) is 34.1 Å². The maximum absolute atomic E-state index is 12.8. The number of benzene rings is 2. The number of aryl methyl sites for hydroxylation is 2. The average Bonchev–Trinajstić information content (AvgIpc) is 3.27. The molecule has 1 amide bonds. The number of furan rings is 1. The molecule has 0 aliphatic rings. The van der Waals surface area contributed by atoms with E-state index in [0.717, 1.165) is 21.3 Å². The van der Waals surface area contributed by atoms with Crippen LogP contribution in [0.25, 0.3) is 0 Å². The highest BCUT2D eigenvalue weighted by molar-refractivity contribution is 9.10. The highest BCUT2D eigenvalue weighted by atomic mass is 79.9. The molecule has 1 heterocycles. The first-order valence-corrected chi connectivity index (χ1v) is 11.4. The van der Waals surface area contributed by atoms with Crippen molar-refractivity contribution in [1.29, 1.82) is 5.26 Å². The minimum atomic E-state index is -0.452. The van der Waals surface area contributed by atoms with Gasteiger partial charge in [-0.15, -0.1) is 11.8 Å². The Bertz CT molecular complexity index is 1130. The lowest BCUT2D eigenvalue weighted by atomic mass is 10.1. The first-order valence-electron chi connectivity index (χ1n) is 9.62. The maximum atomic E-state index is 12.8. The van der Waals surface area contributed by atoms with Crippen LogP contribution in [0.4, 0.5) is 5.69 Å². The number of nitriles is 1. The molecule has 31 heavy (non-hydrogen) atoms. The van der Waals surface area contributed by atoms with Gasteiger partial charge in [0.15, 0.2) is 0 Å². The number of nitrogens with zero attached hydrogens (tertiary/aromatic N) is 1. The zero-order chi connectivity index (χ0) is 22.2. The van der Waals surface area contributed by atoms with Crippen molar-refractivity contribution >= 4 is 39.3 Å². The minimum absolute atomic E-state index is 0.0322. The predicted octanol–water partition coefficient (Wildman–Crippen LogP) is 6.06. The Morgan fingerprint density at radius 1 is 1.13 bits per heavy atom. The summed E-state index contributed by atoms with van der Waals surface area (Å²) in [5.74, 6) is 0.770. The van der Waals surface area contributed by atoms with Crippen LogP contribution in [0.15, 0.2) is 80.4 Å². The second kappa shape index (κ2) is 10.9. The lowest BCUT2D eigenvalue weighted by Gasteiger charge is -2.14. The molecule has 0 unspecified atom stereocenters. The summed E-state index contributed by atoms with van der Waals surface area (Å²) in [7, 11) is 0. The smallest absolute Gasteiger partial charge is 0.265 e. The molecular formula is C24H22BrN3O2S. The number of amides is 1. The number of halogens is 1. The van der Waals surface area contributed by atoms with E-state index in [1.807, 2.05) is 56.3 Å². The van der Waals surface area contributed by atoms with E-state index < -0.39 is 5.91 Å². The van der Waals surface area contributed by atoms with Crippen molar-refractivity contribution in [3.05, 3.63) is 98.4 Å². The highest BCUT2D eigenvalue weighted by Crippen LogP contribution is 2.28. The van der Waals surface area contributed by atoms with E-state index in [1.54, 1.807) is 18.4 Å². The first-order chi connectivity index (χ1) is 15.0. The quantitative estimate of drug-likeness (QED) is 0.293. The molecule has 0 aliphatic carbocycles. The zero-order valence-electron chi connectivity index (χ0n) is 17.2. The van der Waals surface area contributed by atoms with Gasteiger partial charge in [0.25, 0.3) is 5.91 Å². The van der Waals surface area contributed by atoms with Crippen molar-refractivity contribution in [2.24, 2.45) is 0 Å². The van der Waals surface area contributed by atoms with Crippen molar-refractivity contribution < 1.29 is 9.21 Å². The Hall–Kier alpha value is -2.95. The fraction of sp³-hybridized carbons (Fsp3) is 0.167. The number of rotatable bonds is 8. The van der Waals surface area contributed by atoms with Crippen LogP contribution in [0.1, 0.15) is 22.5 Å². The van der Waals surface area contributed by atoms with Crippen LogP contribution in [-0.2, 0) is 17.1 Å². The zero-order valence-corrected chi connectivity index (χ0v) is 19.6. The predicted molar refractivity (Wildman–Crippen MR) is 128 cm³/mol. The fourth-order valence-electron chi connectivity index (χ4n) is 2.78. The Balaban J connectivity index is 1.85. The molecule has 0 fully saturated rings. The Labute approximate surface area is 194 Å². The summed E-state index contributed by atoms with van der Waals surface area (Å²) < 4.78 is 6.24. The molecule has 1 aromatic heterocycles. The third kappa shape index (κ3) is 6.51. The average molecular weight is 496 g/mol. The molecule has 0 aliphatic heterocycles. The second-order valence-electron chi connectivity index (χ2n) is 6.92. The van der Waals surface area contributed by atoms with Crippen LogP contribution in [0.3, 0.4) is 0 Å². The molecule has 2 aromatic carbocycles. The van der Waals surface area contributed by atoms with Crippen molar-refractivity contribution in [3.63, 3.8) is 0 Å².